The molecule has 24 aromatic rings. The van der Waals surface area contributed by atoms with Gasteiger partial charge in [0.15, 0.2) is 0 Å². The number of thiophene rings is 2. The van der Waals surface area contributed by atoms with Crippen molar-refractivity contribution in [2.75, 3.05) is 9.80 Å². The summed E-state index contributed by atoms with van der Waals surface area (Å²) in [6.45, 7) is 0. The maximum atomic E-state index is 2.49. The Balaban J connectivity index is 0.000000137. The van der Waals surface area contributed by atoms with Crippen LogP contribution in [0, 0.1) is 0 Å². The second-order valence-electron chi connectivity index (χ2n) is 33.3. The van der Waals surface area contributed by atoms with Crippen LogP contribution in [0.15, 0.2) is 461 Å². The van der Waals surface area contributed by atoms with E-state index in [-0.39, 0.29) is 0 Å². The molecule has 2 heterocycles. The number of benzene rings is 22. The molecule has 125 heavy (non-hydrogen) atoms. The average molecular weight is 1620 g/mol. The molecule has 0 atom stereocenters. The van der Waals surface area contributed by atoms with Gasteiger partial charge >= 0.3 is 0 Å². The van der Waals surface area contributed by atoms with E-state index in [0.29, 0.717) is 0 Å². The van der Waals surface area contributed by atoms with Crippen LogP contribution in [0.2, 0.25) is 0 Å². The smallest absolute Gasteiger partial charge is 0.0726 e. The molecule has 582 valence electrons. The lowest BCUT2D eigenvalue weighted by atomic mass is 9.70. The van der Waals surface area contributed by atoms with Crippen molar-refractivity contribution in [1.29, 1.82) is 0 Å². The molecule has 0 bridgehead atoms. The minimum atomic E-state index is -0.430. The monoisotopic (exact) mass is 1620 g/mol. The SMILES string of the molecule is c1ccc2c(c1)-c1ccccc1C21c2ccccc2-c2ccc(N(c3ccc(-c4ccc5c(ccc6ccccc65)c4)cc3)c3ccc(-c4ccc5sc6ccccc6c5c4)cc3)cc21.c1ccc2c(c1)ccc1cc(-c3ccc(N(c4ccc(-c5ccc6c(ccc7ccccc76)c5)cc4)c4ccc(-c5ccc6sc7ccccc7c6c5)cc4)cc3)ccc12. The first kappa shape index (κ1) is 72.3. The minimum Gasteiger partial charge on any atom is -0.311 e. The molecule has 26 rings (SSSR count). The zero-order valence-corrected chi connectivity index (χ0v) is 69.7. The Morgan fingerprint density at radius 2 is 0.392 bits per heavy atom. The van der Waals surface area contributed by atoms with Crippen LogP contribution in [-0.2, 0) is 5.41 Å². The van der Waals surface area contributed by atoms with Crippen molar-refractivity contribution in [3.8, 4) is 77.9 Å². The molecule has 4 heteroatoms. The topological polar surface area (TPSA) is 6.48 Å². The fourth-order valence-corrected chi connectivity index (χ4v) is 22.7. The summed E-state index contributed by atoms with van der Waals surface area (Å²) in [6, 6.07) is 171. The Morgan fingerprint density at radius 1 is 0.144 bits per heavy atom. The Labute approximate surface area is 732 Å². The van der Waals surface area contributed by atoms with Gasteiger partial charge in [-0.25, -0.2) is 0 Å². The summed E-state index contributed by atoms with van der Waals surface area (Å²) < 4.78 is 5.30. The van der Waals surface area contributed by atoms with Gasteiger partial charge in [0.05, 0.1) is 5.41 Å². The molecule has 0 fully saturated rings. The number of hydrogen-bond donors (Lipinski definition) is 0. The molecule has 0 saturated carbocycles. The van der Waals surface area contributed by atoms with Gasteiger partial charge < -0.3 is 9.80 Å². The van der Waals surface area contributed by atoms with E-state index in [1.807, 2.05) is 22.7 Å². The number of anilines is 6. The highest BCUT2D eigenvalue weighted by molar-refractivity contribution is 7.26. The molecular weight excluding hydrogens is 1550 g/mol. The molecule has 2 aliphatic rings. The molecule has 2 aliphatic carbocycles. The fraction of sp³-hybridized carbons (Fsp3) is 0.00826. The highest BCUT2D eigenvalue weighted by Gasteiger charge is 2.52. The molecular formula is C121H76N2S2. The molecule has 0 saturated heterocycles. The van der Waals surface area contributed by atoms with Crippen LogP contribution in [0.1, 0.15) is 22.3 Å². The lowest BCUT2D eigenvalue weighted by Gasteiger charge is -2.32. The largest absolute Gasteiger partial charge is 0.311 e. The van der Waals surface area contributed by atoms with Crippen molar-refractivity contribution in [3.63, 3.8) is 0 Å². The van der Waals surface area contributed by atoms with E-state index in [2.05, 4.69) is 471 Å². The molecule has 0 amide bonds. The van der Waals surface area contributed by atoms with Gasteiger partial charge in [0.1, 0.15) is 0 Å². The third kappa shape index (κ3) is 12.0. The van der Waals surface area contributed by atoms with E-state index in [0.717, 1.165) is 34.1 Å². The van der Waals surface area contributed by atoms with Crippen molar-refractivity contribution >= 4 is 162 Å². The van der Waals surface area contributed by atoms with Gasteiger partial charge in [-0.05, 0) is 292 Å². The molecule has 2 aromatic heterocycles. The van der Waals surface area contributed by atoms with Crippen LogP contribution in [0.25, 0.3) is 183 Å². The summed E-state index contributed by atoms with van der Waals surface area (Å²) in [5, 5.41) is 20.6. The van der Waals surface area contributed by atoms with Gasteiger partial charge in [0.25, 0.3) is 0 Å². The molecule has 2 nitrogen and oxygen atoms in total. The van der Waals surface area contributed by atoms with E-state index >= 15 is 0 Å². The average Bonchev–Trinajstić information content (AvgIpc) is 1.51. The van der Waals surface area contributed by atoms with Crippen LogP contribution in [0.5, 0.6) is 0 Å². The summed E-state index contributed by atoms with van der Waals surface area (Å²) in [5.41, 5.74) is 28.9. The summed E-state index contributed by atoms with van der Waals surface area (Å²) in [4.78, 5) is 4.81. The first-order chi connectivity index (χ1) is 61.9. The normalized spacial score (nSPS) is 12.4. The third-order valence-electron chi connectivity index (χ3n) is 26.5. The van der Waals surface area contributed by atoms with Crippen LogP contribution in [0.3, 0.4) is 0 Å². The third-order valence-corrected chi connectivity index (χ3v) is 28.8. The molecule has 1 spiro atoms. The Hall–Kier alpha value is -15.6. The zero-order chi connectivity index (χ0) is 82.2. The first-order valence-corrected chi connectivity index (χ1v) is 44.7. The lowest BCUT2D eigenvalue weighted by molar-refractivity contribution is 0.793. The van der Waals surface area contributed by atoms with Crippen molar-refractivity contribution in [2.24, 2.45) is 0 Å². The van der Waals surface area contributed by atoms with E-state index in [4.69, 9.17) is 0 Å². The number of fused-ring (bicyclic) bond motifs is 25. The van der Waals surface area contributed by atoms with E-state index < -0.39 is 5.41 Å². The molecule has 0 unspecified atom stereocenters. The number of nitrogens with zero attached hydrogens (tertiary/aromatic N) is 2. The van der Waals surface area contributed by atoms with E-state index in [9.17, 15) is 0 Å². The zero-order valence-electron chi connectivity index (χ0n) is 68.1. The van der Waals surface area contributed by atoms with Gasteiger partial charge in [-0.3, -0.25) is 0 Å². The van der Waals surface area contributed by atoms with Gasteiger partial charge in [-0.15, -0.1) is 22.7 Å². The van der Waals surface area contributed by atoms with Gasteiger partial charge in [0.2, 0.25) is 0 Å². The second-order valence-corrected chi connectivity index (χ2v) is 35.5. The summed E-state index contributed by atoms with van der Waals surface area (Å²) >= 11 is 3.72. The number of hydrogen-bond acceptors (Lipinski definition) is 4. The molecule has 0 aliphatic heterocycles. The quantitative estimate of drug-likeness (QED) is 0.119. The molecule has 22 aromatic carbocycles. The maximum absolute atomic E-state index is 2.49. The Kier molecular flexibility index (Phi) is 17.0. The highest BCUT2D eigenvalue weighted by atomic mass is 32.1. The van der Waals surface area contributed by atoms with Crippen molar-refractivity contribution < 1.29 is 0 Å². The highest BCUT2D eigenvalue weighted by Crippen LogP contribution is 2.64. The van der Waals surface area contributed by atoms with Crippen molar-refractivity contribution in [3.05, 3.63) is 483 Å². The van der Waals surface area contributed by atoms with Crippen LogP contribution in [0.4, 0.5) is 34.1 Å². The van der Waals surface area contributed by atoms with E-state index in [1.54, 1.807) is 0 Å². The molecule has 0 N–H and O–H groups in total. The van der Waals surface area contributed by atoms with Gasteiger partial charge in [0, 0.05) is 74.5 Å². The van der Waals surface area contributed by atoms with Gasteiger partial charge in [-0.2, -0.15) is 0 Å². The number of rotatable bonds is 11. The first-order valence-electron chi connectivity index (χ1n) is 43.0. The van der Waals surface area contributed by atoms with Crippen LogP contribution >= 0.6 is 22.7 Å². The maximum Gasteiger partial charge on any atom is 0.0726 e. The standard InChI is InChI=1S/C63H39NS.C58H37NS/c1-2-12-49-42(11-1)21-22-45-37-43(27-34-50(45)49)40-23-29-46(30-24-40)64(47-31-25-41(26-32-47)44-28-36-62-56(38-44)55-16-6-10-20-61(55)65-62)48-33-35-54-53-15-5-9-19-59(53)63(60(54)39-48)57-17-7-3-13-51(57)52-14-4-8-18-58(52)63;1-3-9-51-41(7-1)13-15-46-35-43(23-32-53(46)51)38-17-26-48(27-18-38)59(50-30-21-40(22-31-50)45-25-34-58-56(37-45)55-11-5-6-12-57(55)60-58)49-28-19-39(20-29-49)44-24-33-54-47(36-44)16-14-42-8-2-4-10-52(42)54/h1-39H;1-37H. The van der Waals surface area contributed by atoms with Crippen molar-refractivity contribution in [1.82, 2.24) is 0 Å². The fourth-order valence-electron chi connectivity index (χ4n) is 20.5. The summed E-state index contributed by atoms with van der Waals surface area (Å²) in [5.74, 6) is 0. The van der Waals surface area contributed by atoms with Crippen molar-refractivity contribution in [2.45, 2.75) is 5.41 Å². The minimum absolute atomic E-state index is 0.430. The van der Waals surface area contributed by atoms with Crippen LogP contribution in [-0.4, -0.2) is 0 Å². The Morgan fingerprint density at radius 3 is 0.752 bits per heavy atom. The predicted octanol–water partition coefficient (Wildman–Crippen LogP) is 34.6. The second kappa shape index (κ2) is 29.4. The summed E-state index contributed by atoms with van der Waals surface area (Å²) in [7, 11) is 0. The predicted molar refractivity (Wildman–Crippen MR) is 537 cm³/mol. The lowest BCUT2D eigenvalue weighted by Crippen LogP contribution is -2.26. The summed E-state index contributed by atoms with van der Waals surface area (Å²) in [6.07, 6.45) is 0. The van der Waals surface area contributed by atoms with Gasteiger partial charge in [-0.1, -0.05) is 334 Å². The van der Waals surface area contributed by atoms with Crippen LogP contribution < -0.4 is 9.80 Å². The van der Waals surface area contributed by atoms with E-state index in [1.165, 1.54) is 205 Å². The Bertz CT molecular complexity index is 8240. The molecule has 0 radical (unpaired) electrons.